The molecule has 0 fully saturated rings. The number of aromatic nitrogens is 4. The Balaban J connectivity index is 0.00000400. The van der Waals surface area contributed by atoms with Crippen molar-refractivity contribution in [3.63, 3.8) is 0 Å². The minimum atomic E-state index is 0. The van der Waals surface area contributed by atoms with Crippen molar-refractivity contribution in [3.8, 4) is 0 Å². The molecule has 0 spiro atoms. The molecule has 0 atom stereocenters. The van der Waals surface area contributed by atoms with Crippen LogP contribution in [0, 0.1) is 25.7 Å². The highest BCUT2D eigenvalue weighted by Gasteiger charge is 2.17. The van der Waals surface area contributed by atoms with Gasteiger partial charge in [-0.05, 0) is 75.9 Å². The van der Waals surface area contributed by atoms with Crippen molar-refractivity contribution in [2.24, 2.45) is 11.8 Å². The van der Waals surface area contributed by atoms with Crippen molar-refractivity contribution in [2.45, 2.75) is 80.6 Å². The van der Waals surface area contributed by atoms with Crippen molar-refractivity contribution < 1.29 is 0 Å². The van der Waals surface area contributed by atoms with Gasteiger partial charge < -0.3 is 19.8 Å². The van der Waals surface area contributed by atoms with Crippen LogP contribution in [0.25, 0.3) is 43.6 Å². The van der Waals surface area contributed by atoms with E-state index in [9.17, 15) is 0 Å². The molecule has 0 aliphatic heterocycles. The minimum Gasteiger partial charge on any atom is -0.339 e. The van der Waals surface area contributed by atoms with Gasteiger partial charge in [0.1, 0.15) is 0 Å². The molecule has 0 radical (unpaired) electrons. The summed E-state index contributed by atoms with van der Waals surface area (Å²) in [7, 11) is 0. The molecule has 4 heterocycles. The van der Waals surface area contributed by atoms with Gasteiger partial charge in [0.25, 0.3) is 0 Å². The predicted molar refractivity (Wildman–Crippen MR) is 194 cm³/mol. The normalized spacial score (nSPS) is 12.0. The number of fused-ring (bicyclic) bond motifs is 6. The molecule has 0 bridgehead atoms. The van der Waals surface area contributed by atoms with E-state index in [1.54, 1.807) is 0 Å². The molecule has 238 valence electrons. The van der Waals surface area contributed by atoms with Gasteiger partial charge in [0.05, 0.1) is 33.8 Å². The van der Waals surface area contributed by atoms with E-state index in [4.69, 9.17) is 9.97 Å². The second-order valence-corrected chi connectivity index (χ2v) is 13.3. The van der Waals surface area contributed by atoms with Crippen molar-refractivity contribution in [3.05, 3.63) is 83.4 Å². The maximum atomic E-state index is 5.00. The molecule has 7 heteroatoms. The van der Waals surface area contributed by atoms with Crippen LogP contribution in [0.2, 0.25) is 0 Å². The summed E-state index contributed by atoms with van der Waals surface area (Å²) >= 11 is 0. The summed E-state index contributed by atoms with van der Waals surface area (Å²) in [6.45, 7) is 19.0. The first-order chi connectivity index (χ1) is 21.3. The van der Waals surface area contributed by atoms with E-state index in [0.29, 0.717) is 11.8 Å². The fourth-order valence-electron chi connectivity index (χ4n) is 6.89. The summed E-state index contributed by atoms with van der Waals surface area (Å²) in [5, 5.41) is 12.6. The molecule has 0 unspecified atom stereocenters. The second-order valence-electron chi connectivity index (χ2n) is 13.3. The van der Waals surface area contributed by atoms with Gasteiger partial charge in [-0.25, -0.2) is 0 Å². The molecule has 0 saturated carbocycles. The summed E-state index contributed by atoms with van der Waals surface area (Å²) in [4.78, 5) is 10.0. The molecule has 0 saturated heterocycles. The number of pyridine rings is 2. The van der Waals surface area contributed by atoms with Crippen LogP contribution < -0.4 is 10.6 Å². The van der Waals surface area contributed by atoms with Crippen LogP contribution in [0.1, 0.15) is 63.3 Å². The lowest BCUT2D eigenvalue weighted by Crippen LogP contribution is -2.19. The molecule has 0 aliphatic rings. The van der Waals surface area contributed by atoms with Gasteiger partial charge in [0, 0.05) is 58.8 Å². The van der Waals surface area contributed by atoms with Gasteiger partial charge in [-0.1, -0.05) is 64.1 Å². The average molecular weight is 625 g/mol. The molecule has 0 aliphatic carbocycles. The summed E-state index contributed by atoms with van der Waals surface area (Å²) in [5.74, 6) is 1.16. The zero-order valence-corrected chi connectivity index (χ0v) is 28.6. The van der Waals surface area contributed by atoms with Crippen LogP contribution in [0.4, 0.5) is 0 Å². The number of unbranched alkanes of at least 4 members (excludes halogenated alkanes) is 1. The number of benzene rings is 2. The minimum absolute atomic E-state index is 0. The fourth-order valence-corrected chi connectivity index (χ4v) is 6.89. The SMILES string of the molecule is Cc1nc(CNCCCCNCc2cc3c4ccccc4n(CC(C)C)c3c(C)n2)cc2c3ccccc3n(CC(C)C)c12.Cl. The van der Waals surface area contributed by atoms with E-state index in [1.165, 1.54) is 43.6 Å². The van der Waals surface area contributed by atoms with Crippen LogP contribution >= 0.6 is 12.4 Å². The molecule has 2 N–H and O–H groups in total. The molecule has 2 aromatic carbocycles. The number of nitrogens with zero attached hydrogens (tertiary/aromatic N) is 4. The first-order valence-corrected chi connectivity index (χ1v) is 16.5. The zero-order valence-electron chi connectivity index (χ0n) is 27.8. The second kappa shape index (κ2) is 14.3. The van der Waals surface area contributed by atoms with Gasteiger partial charge in [-0.2, -0.15) is 0 Å². The van der Waals surface area contributed by atoms with Gasteiger partial charge in [-0.15, -0.1) is 12.4 Å². The predicted octanol–water partition coefficient (Wildman–Crippen LogP) is 8.70. The van der Waals surface area contributed by atoms with E-state index in [1.807, 2.05) is 0 Å². The smallest absolute Gasteiger partial charge is 0.0707 e. The van der Waals surface area contributed by atoms with Crippen LogP contribution in [0.15, 0.2) is 60.7 Å². The largest absolute Gasteiger partial charge is 0.339 e. The molecule has 45 heavy (non-hydrogen) atoms. The molecular formula is C38H49ClN6. The third-order valence-electron chi connectivity index (χ3n) is 8.61. The maximum absolute atomic E-state index is 5.00. The van der Waals surface area contributed by atoms with Gasteiger partial charge in [0.2, 0.25) is 0 Å². The summed E-state index contributed by atoms with van der Waals surface area (Å²) in [6, 6.07) is 22.1. The maximum Gasteiger partial charge on any atom is 0.0707 e. The summed E-state index contributed by atoms with van der Waals surface area (Å²) < 4.78 is 4.92. The molecule has 6 rings (SSSR count). The Labute approximate surface area is 274 Å². The van der Waals surface area contributed by atoms with Crippen molar-refractivity contribution in [1.82, 2.24) is 29.7 Å². The van der Waals surface area contributed by atoms with Crippen LogP contribution in [0.3, 0.4) is 0 Å². The Hall–Kier alpha value is -3.45. The monoisotopic (exact) mass is 624 g/mol. The summed E-state index contributed by atoms with van der Waals surface area (Å²) in [6.07, 6.45) is 2.24. The number of aryl methyl sites for hydroxylation is 2. The van der Waals surface area contributed by atoms with E-state index in [0.717, 1.165) is 74.9 Å². The Kier molecular flexibility index (Phi) is 10.5. The highest BCUT2D eigenvalue weighted by Crippen LogP contribution is 2.33. The van der Waals surface area contributed by atoms with Crippen LogP contribution in [-0.2, 0) is 26.2 Å². The van der Waals surface area contributed by atoms with Gasteiger partial charge >= 0.3 is 0 Å². The van der Waals surface area contributed by atoms with Crippen molar-refractivity contribution in [2.75, 3.05) is 13.1 Å². The highest BCUT2D eigenvalue weighted by molar-refractivity contribution is 6.09. The lowest BCUT2D eigenvalue weighted by molar-refractivity contribution is 0.544. The van der Waals surface area contributed by atoms with Crippen LogP contribution in [-0.4, -0.2) is 32.2 Å². The third-order valence-corrected chi connectivity index (χ3v) is 8.61. The first kappa shape index (κ1) is 32.9. The topological polar surface area (TPSA) is 59.7 Å². The third kappa shape index (κ3) is 6.89. The number of rotatable bonds is 13. The summed E-state index contributed by atoms with van der Waals surface area (Å²) in [5.41, 5.74) is 9.64. The molecule has 6 aromatic rings. The Morgan fingerprint density at radius 3 is 1.40 bits per heavy atom. The average Bonchev–Trinajstić information content (AvgIpc) is 3.47. The number of nitrogens with one attached hydrogen (secondary N) is 2. The molecule has 6 nitrogen and oxygen atoms in total. The van der Waals surface area contributed by atoms with Crippen molar-refractivity contribution >= 4 is 56.0 Å². The lowest BCUT2D eigenvalue weighted by atomic mass is 10.1. The van der Waals surface area contributed by atoms with E-state index in [-0.39, 0.29) is 12.4 Å². The van der Waals surface area contributed by atoms with E-state index < -0.39 is 0 Å². The zero-order chi connectivity index (χ0) is 30.8. The number of hydrogen-bond acceptors (Lipinski definition) is 4. The number of para-hydroxylation sites is 2. The number of halogens is 1. The van der Waals surface area contributed by atoms with E-state index in [2.05, 4.69) is 122 Å². The Morgan fingerprint density at radius 2 is 1.00 bits per heavy atom. The first-order valence-electron chi connectivity index (χ1n) is 16.5. The van der Waals surface area contributed by atoms with Crippen molar-refractivity contribution in [1.29, 1.82) is 0 Å². The van der Waals surface area contributed by atoms with Gasteiger partial charge in [-0.3, -0.25) is 9.97 Å². The van der Waals surface area contributed by atoms with Gasteiger partial charge in [0.15, 0.2) is 0 Å². The fraction of sp³-hybridized carbons (Fsp3) is 0.421. The number of hydrogen-bond donors (Lipinski definition) is 2. The Morgan fingerprint density at radius 1 is 0.600 bits per heavy atom. The molecular weight excluding hydrogens is 576 g/mol. The molecule has 0 amide bonds. The quantitative estimate of drug-likeness (QED) is 0.126. The standard InChI is InChI=1S/C38H48N6.ClH/c1-25(2)23-43-35-15-9-7-13-31(35)33-19-29(41-27(5)37(33)43)21-39-17-11-12-18-40-22-30-20-34-32-14-8-10-16-36(32)44(24-26(3)4)38(34)28(6)42-30;/h7-10,13-16,19-20,25-26,39-40H,11-12,17-18,21-24H2,1-6H3;1H. The molecule has 4 aromatic heterocycles. The highest BCUT2D eigenvalue weighted by atomic mass is 35.5. The Bertz CT molecular complexity index is 1780. The van der Waals surface area contributed by atoms with Crippen LogP contribution in [0.5, 0.6) is 0 Å². The van der Waals surface area contributed by atoms with E-state index >= 15 is 0 Å². The lowest BCUT2D eigenvalue weighted by Gasteiger charge is -2.12.